The maximum Gasteiger partial charge on any atom is 0.405 e. The van der Waals surface area contributed by atoms with E-state index in [1.54, 1.807) is 0 Å². The lowest BCUT2D eigenvalue weighted by Gasteiger charge is -2.24. The second-order valence-corrected chi connectivity index (χ2v) is 4.02. The van der Waals surface area contributed by atoms with Gasteiger partial charge < -0.3 is 15.0 Å². The molecule has 2 heterocycles. The van der Waals surface area contributed by atoms with Crippen LogP contribution >= 0.6 is 11.6 Å². The maximum absolute atomic E-state index is 12.5. The summed E-state index contributed by atoms with van der Waals surface area (Å²) in [5.74, 6) is -0.0427. The Kier molecular flexibility index (Phi) is 3.76. The second-order valence-electron chi connectivity index (χ2n) is 3.68. The number of rotatable bonds is 4. The number of hydrogen-bond acceptors (Lipinski definition) is 5. The van der Waals surface area contributed by atoms with Gasteiger partial charge in [-0.1, -0.05) is 0 Å². The number of alkyl halides is 3. The fourth-order valence-corrected chi connectivity index (χ4v) is 1.78. The number of nitrogens with one attached hydrogen (secondary N) is 1. The van der Waals surface area contributed by atoms with Gasteiger partial charge in [-0.25, -0.2) is 4.98 Å². The first kappa shape index (κ1) is 13.8. The predicted molar refractivity (Wildman–Crippen MR) is 62.0 cm³/mol. The molecule has 0 unspecified atom stereocenters. The fraction of sp³-hybridized carbons (Fsp3) is 0.444. The molecule has 0 saturated heterocycles. The highest BCUT2D eigenvalue weighted by Gasteiger charge is 2.32. The molecule has 2 N–H and O–H groups in total. The van der Waals surface area contributed by atoms with Gasteiger partial charge in [-0.2, -0.15) is 23.1 Å². The van der Waals surface area contributed by atoms with Crippen LogP contribution < -0.4 is 4.90 Å². The standard InChI is InChI=1S/C9H9ClF3N5O/c10-8-16-6-5(14-4-15-6)7(17-8)18(1-2-19)3-9(11,12)13/h4,19H,1-3H2,(H,14,15,16,17). The largest absolute Gasteiger partial charge is 0.405 e. The molecule has 0 saturated carbocycles. The van der Waals surface area contributed by atoms with Gasteiger partial charge in [0, 0.05) is 6.54 Å². The summed E-state index contributed by atoms with van der Waals surface area (Å²) in [5, 5.41) is 8.67. The Morgan fingerprint density at radius 2 is 2.11 bits per heavy atom. The number of halogens is 4. The Balaban J connectivity index is 2.45. The number of aromatic nitrogens is 4. The Morgan fingerprint density at radius 3 is 2.74 bits per heavy atom. The number of hydrogen-bond donors (Lipinski definition) is 2. The van der Waals surface area contributed by atoms with E-state index in [4.69, 9.17) is 16.7 Å². The van der Waals surface area contributed by atoms with Crippen molar-refractivity contribution in [3.05, 3.63) is 11.6 Å². The van der Waals surface area contributed by atoms with Crippen molar-refractivity contribution in [1.82, 2.24) is 19.9 Å². The smallest absolute Gasteiger partial charge is 0.395 e. The molecule has 19 heavy (non-hydrogen) atoms. The van der Waals surface area contributed by atoms with Crippen molar-refractivity contribution in [2.45, 2.75) is 6.18 Å². The SMILES string of the molecule is OCCN(CC(F)(F)F)c1nc(Cl)nc2nc[nH]c12. The number of fused-ring (bicyclic) bond motifs is 1. The lowest BCUT2D eigenvalue weighted by Crippen LogP contribution is -2.37. The van der Waals surface area contributed by atoms with Crippen LogP contribution in [0.1, 0.15) is 0 Å². The molecular weight excluding hydrogens is 287 g/mol. The van der Waals surface area contributed by atoms with E-state index >= 15 is 0 Å². The van der Waals surface area contributed by atoms with Crippen LogP contribution in [0.5, 0.6) is 0 Å². The molecule has 0 bridgehead atoms. The molecule has 0 spiro atoms. The van der Waals surface area contributed by atoms with Gasteiger partial charge in [-0.3, -0.25) is 0 Å². The first-order valence-corrected chi connectivity index (χ1v) is 5.57. The van der Waals surface area contributed by atoms with E-state index in [1.165, 1.54) is 6.33 Å². The molecule has 0 aliphatic rings. The number of aliphatic hydroxyl groups is 1. The van der Waals surface area contributed by atoms with Crippen molar-refractivity contribution in [3.63, 3.8) is 0 Å². The third-order valence-corrected chi connectivity index (χ3v) is 2.45. The van der Waals surface area contributed by atoms with E-state index in [1.807, 2.05) is 0 Å². The summed E-state index contributed by atoms with van der Waals surface area (Å²) in [7, 11) is 0. The van der Waals surface area contributed by atoms with Gasteiger partial charge in [-0.05, 0) is 11.6 Å². The van der Waals surface area contributed by atoms with Crippen molar-refractivity contribution in [2.24, 2.45) is 0 Å². The van der Waals surface area contributed by atoms with Crippen LogP contribution in [0.4, 0.5) is 19.0 Å². The summed E-state index contributed by atoms with van der Waals surface area (Å²) >= 11 is 5.65. The van der Waals surface area contributed by atoms with E-state index in [0.29, 0.717) is 0 Å². The number of aromatic amines is 1. The van der Waals surface area contributed by atoms with E-state index in [-0.39, 0.29) is 28.8 Å². The van der Waals surface area contributed by atoms with Crippen molar-refractivity contribution in [3.8, 4) is 0 Å². The van der Waals surface area contributed by atoms with Crippen LogP contribution in [0.25, 0.3) is 11.2 Å². The average molecular weight is 296 g/mol. The van der Waals surface area contributed by atoms with Crippen LogP contribution in [0, 0.1) is 0 Å². The molecule has 0 aliphatic heterocycles. The quantitative estimate of drug-likeness (QED) is 0.833. The summed E-state index contributed by atoms with van der Waals surface area (Å²) in [5.41, 5.74) is 0.405. The zero-order valence-corrected chi connectivity index (χ0v) is 10.2. The molecule has 2 rings (SSSR count). The van der Waals surface area contributed by atoms with Gasteiger partial charge >= 0.3 is 6.18 Å². The molecular formula is C9H9ClF3N5O. The minimum absolute atomic E-state index is 0.0427. The van der Waals surface area contributed by atoms with Crippen molar-refractivity contribution in [2.75, 3.05) is 24.6 Å². The van der Waals surface area contributed by atoms with Gasteiger partial charge in [0.05, 0.1) is 12.9 Å². The highest BCUT2D eigenvalue weighted by molar-refractivity contribution is 6.28. The van der Waals surface area contributed by atoms with Gasteiger partial charge in [0.25, 0.3) is 0 Å². The monoisotopic (exact) mass is 295 g/mol. The Labute approximate surface area is 110 Å². The van der Waals surface area contributed by atoms with Crippen molar-refractivity contribution < 1.29 is 18.3 Å². The normalized spacial score (nSPS) is 12.1. The third kappa shape index (κ3) is 3.24. The Morgan fingerprint density at radius 1 is 1.37 bits per heavy atom. The molecule has 0 radical (unpaired) electrons. The van der Waals surface area contributed by atoms with Crippen LogP contribution in [0.2, 0.25) is 5.28 Å². The topological polar surface area (TPSA) is 77.9 Å². The average Bonchev–Trinajstić information content (AvgIpc) is 2.73. The molecule has 6 nitrogen and oxygen atoms in total. The van der Waals surface area contributed by atoms with Gasteiger partial charge in [0.1, 0.15) is 12.1 Å². The van der Waals surface area contributed by atoms with Crippen LogP contribution in [0.15, 0.2) is 6.33 Å². The summed E-state index contributed by atoms with van der Waals surface area (Å²) < 4.78 is 37.5. The number of nitrogens with zero attached hydrogens (tertiary/aromatic N) is 4. The summed E-state index contributed by atoms with van der Waals surface area (Å²) in [6.45, 7) is -1.94. The molecule has 0 amide bonds. The molecule has 10 heteroatoms. The molecule has 2 aromatic rings. The predicted octanol–water partition coefficient (Wildman–Crippen LogP) is 1.37. The van der Waals surface area contributed by atoms with E-state index < -0.39 is 19.3 Å². The van der Waals surface area contributed by atoms with E-state index in [9.17, 15) is 13.2 Å². The second kappa shape index (κ2) is 5.17. The minimum atomic E-state index is -4.43. The van der Waals surface area contributed by atoms with Gasteiger partial charge in [0.15, 0.2) is 11.5 Å². The Bertz CT molecular complexity index is 572. The third-order valence-electron chi connectivity index (χ3n) is 2.28. The molecule has 0 aromatic carbocycles. The Hall–Kier alpha value is -1.61. The van der Waals surface area contributed by atoms with Crippen LogP contribution in [-0.4, -0.2) is 50.9 Å². The zero-order valence-electron chi connectivity index (χ0n) is 9.45. The van der Waals surface area contributed by atoms with Crippen molar-refractivity contribution >= 4 is 28.6 Å². The number of H-pyrrole nitrogens is 1. The van der Waals surface area contributed by atoms with Gasteiger partial charge in [0.2, 0.25) is 5.28 Å². The summed E-state index contributed by atoms with van der Waals surface area (Å²) in [6.07, 6.45) is -3.15. The summed E-state index contributed by atoms with van der Waals surface area (Å²) in [4.78, 5) is 14.9. The molecule has 104 valence electrons. The number of imidazole rings is 1. The highest BCUT2D eigenvalue weighted by Crippen LogP contribution is 2.26. The molecule has 2 aromatic heterocycles. The lowest BCUT2D eigenvalue weighted by molar-refractivity contribution is -0.119. The molecule has 0 aliphatic carbocycles. The molecule has 0 atom stereocenters. The maximum atomic E-state index is 12.5. The van der Waals surface area contributed by atoms with Gasteiger partial charge in [-0.15, -0.1) is 0 Å². The van der Waals surface area contributed by atoms with Crippen LogP contribution in [-0.2, 0) is 0 Å². The lowest BCUT2D eigenvalue weighted by atomic mass is 10.4. The summed E-state index contributed by atoms with van der Waals surface area (Å²) in [6, 6.07) is 0. The minimum Gasteiger partial charge on any atom is -0.395 e. The van der Waals surface area contributed by atoms with E-state index in [2.05, 4.69) is 19.9 Å². The first-order valence-electron chi connectivity index (χ1n) is 5.20. The number of aliphatic hydroxyl groups excluding tert-OH is 1. The molecule has 0 fully saturated rings. The zero-order chi connectivity index (χ0) is 14.0. The van der Waals surface area contributed by atoms with E-state index in [0.717, 1.165) is 4.90 Å². The number of anilines is 1. The fourth-order valence-electron chi connectivity index (χ4n) is 1.62. The van der Waals surface area contributed by atoms with Crippen LogP contribution in [0.3, 0.4) is 0 Å². The van der Waals surface area contributed by atoms with Crippen molar-refractivity contribution in [1.29, 1.82) is 0 Å². The highest BCUT2D eigenvalue weighted by atomic mass is 35.5. The first-order chi connectivity index (χ1) is 8.90.